The van der Waals surface area contributed by atoms with Crippen molar-refractivity contribution in [2.75, 3.05) is 13.2 Å². The summed E-state index contributed by atoms with van der Waals surface area (Å²) in [6, 6.07) is 0. The van der Waals surface area contributed by atoms with Gasteiger partial charge in [-0.25, -0.2) is 0 Å². The number of ether oxygens (including phenoxy) is 6. The van der Waals surface area contributed by atoms with Crippen LogP contribution < -0.4 is 0 Å². The van der Waals surface area contributed by atoms with E-state index in [0.717, 1.165) is 0 Å². The van der Waals surface area contributed by atoms with Crippen molar-refractivity contribution in [3.05, 3.63) is 0 Å². The standard InChI is InChI=1S/C20H32O10/c1-6-13(21)26-11-12-17(28-14(22)7-2)18(29-15(23)8-3)19(30-16(24)9-4)20(27-12)25-10-5/h12,17-20H,6-11H2,1-5H3/t12-,17-,18+,19-,20?/m1/s1. The summed E-state index contributed by atoms with van der Waals surface area (Å²) in [6.45, 7) is 8.10. The van der Waals surface area contributed by atoms with Gasteiger partial charge in [-0.05, 0) is 6.92 Å². The van der Waals surface area contributed by atoms with Crippen molar-refractivity contribution in [1.82, 2.24) is 0 Å². The second-order valence-electron chi connectivity index (χ2n) is 6.46. The Morgan fingerprint density at radius 2 is 1.13 bits per heavy atom. The topological polar surface area (TPSA) is 124 Å². The molecule has 0 saturated carbocycles. The van der Waals surface area contributed by atoms with Crippen molar-refractivity contribution in [2.24, 2.45) is 0 Å². The van der Waals surface area contributed by atoms with Crippen molar-refractivity contribution in [2.45, 2.75) is 91.0 Å². The van der Waals surface area contributed by atoms with Crippen LogP contribution in [0, 0.1) is 0 Å². The van der Waals surface area contributed by atoms with Crippen LogP contribution in [0.2, 0.25) is 0 Å². The Kier molecular flexibility index (Phi) is 11.3. The second kappa shape index (κ2) is 13.2. The van der Waals surface area contributed by atoms with Crippen molar-refractivity contribution in [1.29, 1.82) is 0 Å². The Morgan fingerprint density at radius 1 is 0.667 bits per heavy atom. The molecule has 1 aliphatic rings. The fourth-order valence-corrected chi connectivity index (χ4v) is 2.70. The highest BCUT2D eigenvalue weighted by atomic mass is 16.7. The molecule has 10 nitrogen and oxygen atoms in total. The Labute approximate surface area is 176 Å². The second-order valence-corrected chi connectivity index (χ2v) is 6.46. The molecule has 0 aromatic heterocycles. The molecule has 1 saturated heterocycles. The average Bonchev–Trinajstić information content (AvgIpc) is 2.75. The van der Waals surface area contributed by atoms with Crippen LogP contribution in [-0.4, -0.2) is 67.8 Å². The first-order chi connectivity index (χ1) is 14.3. The van der Waals surface area contributed by atoms with Gasteiger partial charge in [0.1, 0.15) is 12.7 Å². The van der Waals surface area contributed by atoms with Gasteiger partial charge in [0.15, 0.2) is 24.6 Å². The lowest BCUT2D eigenvalue weighted by atomic mass is 9.98. The van der Waals surface area contributed by atoms with E-state index in [2.05, 4.69) is 0 Å². The molecular formula is C20H32O10. The lowest BCUT2D eigenvalue weighted by molar-refractivity contribution is -0.308. The zero-order valence-electron chi connectivity index (χ0n) is 18.2. The summed E-state index contributed by atoms with van der Waals surface area (Å²) in [5, 5.41) is 0. The summed E-state index contributed by atoms with van der Waals surface area (Å²) < 4.78 is 33.0. The van der Waals surface area contributed by atoms with Crippen LogP contribution in [0.1, 0.15) is 60.3 Å². The Hall–Kier alpha value is -2.20. The van der Waals surface area contributed by atoms with E-state index >= 15 is 0 Å². The van der Waals surface area contributed by atoms with Gasteiger partial charge in [-0.2, -0.15) is 0 Å². The van der Waals surface area contributed by atoms with Gasteiger partial charge in [0.05, 0.1) is 0 Å². The van der Waals surface area contributed by atoms with E-state index in [1.54, 1.807) is 34.6 Å². The third kappa shape index (κ3) is 7.56. The highest BCUT2D eigenvalue weighted by molar-refractivity contribution is 5.71. The number of hydrogen-bond donors (Lipinski definition) is 0. The number of carbonyl (C=O) groups is 4. The minimum Gasteiger partial charge on any atom is -0.463 e. The Balaban J connectivity index is 3.30. The predicted molar refractivity (Wildman–Crippen MR) is 102 cm³/mol. The van der Waals surface area contributed by atoms with Crippen LogP contribution in [-0.2, 0) is 47.6 Å². The average molecular weight is 432 g/mol. The van der Waals surface area contributed by atoms with Crippen molar-refractivity contribution in [3.63, 3.8) is 0 Å². The quantitative estimate of drug-likeness (QED) is 0.352. The number of rotatable bonds is 11. The van der Waals surface area contributed by atoms with Crippen LogP contribution >= 0.6 is 0 Å². The highest BCUT2D eigenvalue weighted by Gasteiger charge is 2.53. The Morgan fingerprint density at radius 3 is 1.60 bits per heavy atom. The van der Waals surface area contributed by atoms with Gasteiger partial charge in [0.25, 0.3) is 0 Å². The molecule has 0 aromatic carbocycles. The molecule has 1 heterocycles. The van der Waals surface area contributed by atoms with E-state index in [0.29, 0.717) is 0 Å². The summed E-state index contributed by atoms with van der Waals surface area (Å²) in [6.07, 6.45) is -5.30. The third-order valence-electron chi connectivity index (χ3n) is 4.29. The molecule has 0 amide bonds. The first-order valence-corrected chi connectivity index (χ1v) is 10.3. The lowest BCUT2D eigenvalue weighted by Gasteiger charge is -2.44. The molecule has 0 spiro atoms. The molecule has 10 heteroatoms. The molecule has 1 unspecified atom stereocenters. The fourth-order valence-electron chi connectivity index (χ4n) is 2.70. The van der Waals surface area contributed by atoms with E-state index in [9.17, 15) is 19.2 Å². The minimum absolute atomic E-state index is 0.0506. The van der Waals surface area contributed by atoms with Gasteiger partial charge in [-0.1, -0.05) is 27.7 Å². The largest absolute Gasteiger partial charge is 0.463 e. The molecule has 0 bridgehead atoms. The molecule has 30 heavy (non-hydrogen) atoms. The normalized spacial score (nSPS) is 25.8. The molecule has 0 radical (unpaired) electrons. The van der Waals surface area contributed by atoms with E-state index in [-0.39, 0.29) is 38.9 Å². The van der Waals surface area contributed by atoms with E-state index in [1.807, 2.05) is 0 Å². The van der Waals surface area contributed by atoms with Crippen LogP contribution in [0.3, 0.4) is 0 Å². The number of esters is 4. The third-order valence-corrected chi connectivity index (χ3v) is 4.29. The van der Waals surface area contributed by atoms with Crippen LogP contribution in [0.5, 0.6) is 0 Å². The monoisotopic (exact) mass is 432 g/mol. The predicted octanol–water partition coefficient (Wildman–Crippen LogP) is 1.67. The molecule has 1 rings (SSSR count). The summed E-state index contributed by atoms with van der Waals surface area (Å²) in [5.74, 6) is -2.21. The lowest BCUT2D eigenvalue weighted by Crippen LogP contribution is -2.63. The summed E-state index contributed by atoms with van der Waals surface area (Å²) >= 11 is 0. The minimum atomic E-state index is -1.20. The van der Waals surface area contributed by atoms with Crippen LogP contribution in [0.15, 0.2) is 0 Å². The molecule has 1 fully saturated rings. The SMILES string of the molecule is CCOC1O[C@H](COC(=O)CC)[C@@H](OC(=O)CC)[C@H](OC(=O)CC)[C@H]1OC(=O)CC. The first kappa shape index (κ1) is 25.8. The Bertz CT molecular complexity index is 590. The molecule has 0 aromatic rings. The van der Waals surface area contributed by atoms with Gasteiger partial charge in [0.2, 0.25) is 0 Å². The number of carbonyl (C=O) groups excluding carboxylic acids is 4. The maximum Gasteiger partial charge on any atom is 0.306 e. The van der Waals surface area contributed by atoms with E-state index < -0.39 is 54.6 Å². The van der Waals surface area contributed by atoms with Gasteiger partial charge in [-0.3, -0.25) is 19.2 Å². The maximum atomic E-state index is 12.1. The van der Waals surface area contributed by atoms with Crippen LogP contribution in [0.4, 0.5) is 0 Å². The zero-order chi connectivity index (χ0) is 22.7. The zero-order valence-corrected chi connectivity index (χ0v) is 18.2. The molecule has 5 atom stereocenters. The summed E-state index contributed by atoms with van der Waals surface area (Å²) in [4.78, 5) is 47.8. The number of hydrogen-bond acceptors (Lipinski definition) is 10. The summed E-state index contributed by atoms with van der Waals surface area (Å²) in [7, 11) is 0. The first-order valence-electron chi connectivity index (χ1n) is 10.3. The highest BCUT2D eigenvalue weighted by Crippen LogP contribution is 2.30. The van der Waals surface area contributed by atoms with Crippen molar-refractivity contribution < 1.29 is 47.6 Å². The molecule has 0 N–H and O–H groups in total. The van der Waals surface area contributed by atoms with Gasteiger partial charge < -0.3 is 28.4 Å². The van der Waals surface area contributed by atoms with Gasteiger partial charge >= 0.3 is 23.9 Å². The maximum absolute atomic E-state index is 12.1. The van der Waals surface area contributed by atoms with Crippen LogP contribution in [0.25, 0.3) is 0 Å². The smallest absolute Gasteiger partial charge is 0.306 e. The van der Waals surface area contributed by atoms with Gasteiger partial charge in [-0.15, -0.1) is 0 Å². The van der Waals surface area contributed by atoms with Crippen molar-refractivity contribution in [3.8, 4) is 0 Å². The van der Waals surface area contributed by atoms with Crippen molar-refractivity contribution >= 4 is 23.9 Å². The van der Waals surface area contributed by atoms with Gasteiger partial charge in [0, 0.05) is 32.3 Å². The summed E-state index contributed by atoms with van der Waals surface area (Å²) in [5.41, 5.74) is 0. The molecule has 172 valence electrons. The fraction of sp³-hybridized carbons (Fsp3) is 0.800. The molecular weight excluding hydrogens is 400 g/mol. The molecule has 0 aliphatic carbocycles. The molecule has 1 aliphatic heterocycles. The van der Waals surface area contributed by atoms with E-state index in [1.165, 1.54) is 0 Å². The van der Waals surface area contributed by atoms with E-state index in [4.69, 9.17) is 28.4 Å².